The summed E-state index contributed by atoms with van der Waals surface area (Å²) in [6.07, 6.45) is 0.921. The normalized spacial score (nSPS) is 17.2. The lowest BCUT2D eigenvalue weighted by Gasteiger charge is -2.22. The van der Waals surface area contributed by atoms with Crippen molar-refractivity contribution in [2.45, 2.75) is 19.4 Å². The van der Waals surface area contributed by atoms with E-state index in [0.717, 1.165) is 27.9 Å². The highest BCUT2D eigenvalue weighted by atomic mass is 32.1. The highest BCUT2D eigenvalue weighted by Gasteiger charge is 2.31. The molecule has 3 nitrogen and oxygen atoms in total. The smallest absolute Gasteiger partial charge is 0.258 e. The number of carbonyl (C=O) groups is 1. The van der Waals surface area contributed by atoms with Gasteiger partial charge in [-0.3, -0.25) is 4.79 Å². The van der Waals surface area contributed by atoms with Gasteiger partial charge in [0.15, 0.2) is 0 Å². The zero-order chi connectivity index (χ0) is 14.4. The molecule has 21 heavy (non-hydrogen) atoms. The van der Waals surface area contributed by atoms with Gasteiger partial charge >= 0.3 is 0 Å². The van der Waals surface area contributed by atoms with E-state index in [2.05, 4.69) is 18.0 Å². The van der Waals surface area contributed by atoms with E-state index in [9.17, 15) is 4.79 Å². The van der Waals surface area contributed by atoms with Crippen LogP contribution in [0, 0.1) is 0 Å². The van der Waals surface area contributed by atoms with Crippen LogP contribution in [-0.2, 0) is 6.42 Å². The van der Waals surface area contributed by atoms with Crippen molar-refractivity contribution in [3.63, 3.8) is 0 Å². The Bertz CT molecular complexity index is 839. The van der Waals surface area contributed by atoms with Crippen LogP contribution in [0.2, 0.25) is 0 Å². The summed E-state index contributed by atoms with van der Waals surface area (Å²) in [5.41, 5.74) is 5.78. The number of para-hydroxylation sites is 1. The maximum Gasteiger partial charge on any atom is 0.258 e. The minimum Gasteiger partial charge on any atom is -0.305 e. The van der Waals surface area contributed by atoms with Gasteiger partial charge in [0.25, 0.3) is 5.91 Å². The molecule has 0 N–H and O–H groups in total. The van der Waals surface area contributed by atoms with Crippen molar-refractivity contribution in [3.8, 4) is 0 Å². The molecule has 3 aromatic rings. The topological polar surface area (TPSA) is 33.2 Å². The lowest BCUT2D eigenvalue weighted by molar-refractivity contribution is 0.0981. The Labute approximate surface area is 126 Å². The van der Waals surface area contributed by atoms with Crippen LogP contribution < -0.4 is 4.90 Å². The number of rotatable bonds is 1. The predicted octanol–water partition coefficient (Wildman–Crippen LogP) is 3.89. The number of aromatic nitrogens is 1. The summed E-state index contributed by atoms with van der Waals surface area (Å²) in [5.74, 6) is 0.0720. The van der Waals surface area contributed by atoms with Gasteiger partial charge in [-0.1, -0.05) is 18.2 Å². The first-order valence-electron chi connectivity index (χ1n) is 6.99. The average molecular weight is 294 g/mol. The van der Waals surface area contributed by atoms with Crippen molar-refractivity contribution in [1.29, 1.82) is 0 Å². The molecule has 0 saturated carbocycles. The Morgan fingerprint density at radius 3 is 3.05 bits per heavy atom. The second-order valence-corrected chi connectivity index (χ2v) is 6.28. The fourth-order valence-electron chi connectivity index (χ4n) is 3.00. The molecule has 1 aromatic heterocycles. The van der Waals surface area contributed by atoms with Gasteiger partial charge in [-0.2, -0.15) is 0 Å². The van der Waals surface area contributed by atoms with Gasteiger partial charge in [0.2, 0.25) is 0 Å². The molecule has 1 aliphatic heterocycles. The molecule has 0 bridgehead atoms. The first-order chi connectivity index (χ1) is 10.2. The molecule has 1 aliphatic rings. The van der Waals surface area contributed by atoms with Gasteiger partial charge in [0, 0.05) is 17.3 Å². The van der Waals surface area contributed by atoms with Crippen LogP contribution in [0.25, 0.3) is 10.2 Å². The second-order valence-electron chi connectivity index (χ2n) is 5.39. The molecule has 2 heterocycles. The molecular formula is C17H14N2OS. The summed E-state index contributed by atoms with van der Waals surface area (Å²) in [6.45, 7) is 2.10. The Balaban J connectivity index is 1.77. The lowest BCUT2D eigenvalue weighted by Crippen LogP contribution is -2.35. The maximum atomic E-state index is 12.9. The van der Waals surface area contributed by atoms with E-state index in [1.54, 1.807) is 11.3 Å². The molecule has 0 fully saturated rings. The van der Waals surface area contributed by atoms with Crippen LogP contribution in [0.3, 0.4) is 0 Å². The van der Waals surface area contributed by atoms with Crippen LogP contribution in [-0.4, -0.2) is 16.9 Å². The number of anilines is 1. The zero-order valence-electron chi connectivity index (χ0n) is 11.6. The largest absolute Gasteiger partial charge is 0.305 e. The van der Waals surface area contributed by atoms with Crippen molar-refractivity contribution in [1.82, 2.24) is 4.98 Å². The molecule has 0 saturated heterocycles. The summed E-state index contributed by atoms with van der Waals surface area (Å²) in [5, 5.41) is 0. The van der Waals surface area contributed by atoms with Crippen LogP contribution in [0.15, 0.2) is 48.0 Å². The van der Waals surface area contributed by atoms with E-state index in [1.165, 1.54) is 5.56 Å². The van der Waals surface area contributed by atoms with Crippen LogP contribution >= 0.6 is 11.3 Å². The van der Waals surface area contributed by atoms with Gasteiger partial charge in [0.05, 0.1) is 15.7 Å². The molecule has 104 valence electrons. The molecule has 0 spiro atoms. The van der Waals surface area contributed by atoms with Crippen molar-refractivity contribution in [2.24, 2.45) is 0 Å². The van der Waals surface area contributed by atoms with Crippen LogP contribution in [0.5, 0.6) is 0 Å². The molecule has 0 aliphatic carbocycles. The third-order valence-electron chi connectivity index (χ3n) is 4.00. The number of benzene rings is 2. The van der Waals surface area contributed by atoms with Gasteiger partial charge in [-0.25, -0.2) is 4.98 Å². The molecular weight excluding hydrogens is 280 g/mol. The number of hydrogen-bond acceptors (Lipinski definition) is 3. The van der Waals surface area contributed by atoms with E-state index >= 15 is 0 Å². The van der Waals surface area contributed by atoms with E-state index in [4.69, 9.17) is 0 Å². The summed E-state index contributed by atoms with van der Waals surface area (Å²) in [7, 11) is 0. The quantitative estimate of drug-likeness (QED) is 0.682. The van der Waals surface area contributed by atoms with Crippen molar-refractivity contribution < 1.29 is 4.79 Å². The molecule has 4 heteroatoms. The zero-order valence-corrected chi connectivity index (χ0v) is 12.4. The molecule has 1 amide bonds. The second kappa shape index (κ2) is 4.67. The highest BCUT2D eigenvalue weighted by molar-refractivity contribution is 7.16. The summed E-state index contributed by atoms with van der Waals surface area (Å²) in [6, 6.07) is 14.1. The van der Waals surface area contributed by atoms with Crippen molar-refractivity contribution >= 4 is 33.1 Å². The fourth-order valence-corrected chi connectivity index (χ4v) is 3.72. The van der Waals surface area contributed by atoms with Crippen LogP contribution in [0.4, 0.5) is 5.69 Å². The number of nitrogens with zero attached hydrogens (tertiary/aromatic N) is 2. The standard InChI is InChI=1S/C17H14N2OS/c1-11-8-12-4-2-3-5-15(12)19(11)17(20)13-6-7-14-16(9-13)21-10-18-14/h2-7,9-11H,8H2,1H3. The van der Waals surface area contributed by atoms with E-state index in [0.29, 0.717) is 0 Å². The number of fused-ring (bicyclic) bond motifs is 2. The summed E-state index contributed by atoms with van der Waals surface area (Å²) in [4.78, 5) is 19.1. The molecule has 2 aromatic carbocycles. The fraction of sp³-hybridized carbons (Fsp3) is 0.176. The van der Waals surface area contributed by atoms with Gasteiger partial charge < -0.3 is 4.90 Å². The van der Waals surface area contributed by atoms with Crippen molar-refractivity contribution in [3.05, 3.63) is 59.1 Å². The first kappa shape index (κ1) is 12.5. The Morgan fingerprint density at radius 1 is 1.29 bits per heavy atom. The first-order valence-corrected chi connectivity index (χ1v) is 7.87. The van der Waals surface area contributed by atoms with E-state index in [1.807, 2.05) is 46.8 Å². The predicted molar refractivity (Wildman–Crippen MR) is 86.0 cm³/mol. The number of thiazole rings is 1. The molecule has 0 radical (unpaired) electrons. The molecule has 4 rings (SSSR count). The van der Waals surface area contributed by atoms with Crippen molar-refractivity contribution in [2.75, 3.05) is 4.90 Å². The highest BCUT2D eigenvalue weighted by Crippen LogP contribution is 2.33. The Hall–Kier alpha value is -2.20. The third-order valence-corrected chi connectivity index (χ3v) is 4.80. The maximum absolute atomic E-state index is 12.9. The summed E-state index contributed by atoms with van der Waals surface area (Å²) < 4.78 is 1.06. The average Bonchev–Trinajstić information content (AvgIpc) is 3.08. The molecule has 1 atom stereocenters. The Kier molecular flexibility index (Phi) is 2.79. The van der Waals surface area contributed by atoms with E-state index in [-0.39, 0.29) is 11.9 Å². The number of hydrogen-bond donors (Lipinski definition) is 0. The minimum absolute atomic E-state index is 0.0720. The van der Waals surface area contributed by atoms with Gasteiger partial charge in [-0.05, 0) is 43.2 Å². The summed E-state index contributed by atoms with van der Waals surface area (Å²) >= 11 is 1.57. The van der Waals surface area contributed by atoms with E-state index < -0.39 is 0 Å². The molecule has 1 unspecified atom stereocenters. The lowest BCUT2D eigenvalue weighted by atomic mass is 10.1. The van der Waals surface area contributed by atoms with Gasteiger partial charge in [-0.15, -0.1) is 11.3 Å². The Morgan fingerprint density at radius 2 is 2.14 bits per heavy atom. The minimum atomic E-state index is 0.0720. The number of amides is 1. The monoisotopic (exact) mass is 294 g/mol. The number of carbonyl (C=O) groups excluding carboxylic acids is 1. The SMILES string of the molecule is CC1Cc2ccccc2N1C(=O)c1ccc2ncsc2c1. The van der Waals surface area contributed by atoms with Gasteiger partial charge in [0.1, 0.15) is 0 Å². The third kappa shape index (κ3) is 1.94. The van der Waals surface area contributed by atoms with Crippen LogP contribution in [0.1, 0.15) is 22.8 Å².